The maximum Gasteiger partial charge on any atom is 0.262 e. The molecular weight excluding hydrogens is 182 g/mol. The lowest BCUT2D eigenvalue weighted by atomic mass is 10.4. The second-order valence-electron chi connectivity index (χ2n) is 3.00. The van der Waals surface area contributed by atoms with E-state index < -0.39 is 0 Å². The molecule has 0 bridgehead atoms. The fourth-order valence-corrected chi connectivity index (χ4v) is 1.26. The lowest BCUT2D eigenvalue weighted by Gasteiger charge is -2.03. The minimum absolute atomic E-state index is 0.116. The van der Waals surface area contributed by atoms with Crippen LogP contribution in [0.5, 0.6) is 0 Å². The Hall–Kier alpha value is -1.98. The summed E-state index contributed by atoms with van der Waals surface area (Å²) in [5.74, 6) is 0.907. The van der Waals surface area contributed by atoms with E-state index in [9.17, 15) is 4.79 Å². The molecule has 2 rings (SSSR count). The van der Waals surface area contributed by atoms with Crippen molar-refractivity contribution in [3.8, 4) is 0 Å². The number of rotatable bonds is 0. The lowest BCUT2D eigenvalue weighted by molar-refractivity contribution is 0.906. The number of anilines is 1. The van der Waals surface area contributed by atoms with E-state index in [0.717, 1.165) is 0 Å². The molecule has 0 aliphatic heterocycles. The number of hydrogen-bond donors (Lipinski definition) is 1. The van der Waals surface area contributed by atoms with Gasteiger partial charge >= 0.3 is 0 Å². The number of nitrogens with two attached hydrogens (primary N) is 1. The summed E-state index contributed by atoms with van der Waals surface area (Å²) in [6.45, 7) is 3.43. The van der Waals surface area contributed by atoms with Gasteiger partial charge in [-0.05, 0) is 13.8 Å². The molecule has 0 aliphatic carbocycles. The summed E-state index contributed by atoms with van der Waals surface area (Å²) in [5.41, 5.74) is 5.94. The largest absolute Gasteiger partial charge is 0.369 e. The Morgan fingerprint density at radius 3 is 2.71 bits per heavy atom. The molecule has 0 atom stereocenters. The van der Waals surface area contributed by atoms with Crippen LogP contribution >= 0.6 is 0 Å². The Morgan fingerprint density at radius 1 is 1.29 bits per heavy atom. The molecule has 0 saturated heterocycles. The van der Waals surface area contributed by atoms with Crippen LogP contribution in [0.1, 0.15) is 11.5 Å². The van der Waals surface area contributed by atoms with Gasteiger partial charge in [-0.15, -0.1) is 0 Å². The van der Waals surface area contributed by atoms with Crippen LogP contribution in [0.3, 0.4) is 0 Å². The predicted octanol–water partition coefficient (Wildman–Crippen LogP) is -0.316. The highest BCUT2D eigenvalue weighted by Gasteiger charge is 2.05. The molecule has 72 valence electrons. The number of fused-ring (bicyclic) bond motifs is 1. The molecule has 0 amide bonds. The van der Waals surface area contributed by atoms with E-state index in [4.69, 9.17) is 5.73 Å². The van der Waals surface area contributed by atoms with Crippen LogP contribution in [-0.2, 0) is 0 Å². The molecule has 2 heterocycles. The molecule has 0 aliphatic rings. The number of nitrogen functional groups attached to an aromatic ring is 1. The molecule has 14 heavy (non-hydrogen) atoms. The zero-order valence-electron chi connectivity index (χ0n) is 7.85. The van der Waals surface area contributed by atoms with E-state index in [1.165, 1.54) is 10.5 Å². The number of nitrogens with zero attached hydrogens (tertiary/aromatic N) is 4. The van der Waals surface area contributed by atoms with Gasteiger partial charge in [0.05, 0.1) is 0 Å². The molecule has 0 unspecified atom stereocenters. The molecule has 2 N–H and O–H groups in total. The highest BCUT2D eigenvalue weighted by molar-refractivity contribution is 5.36. The molecule has 2 aromatic heterocycles. The van der Waals surface area contributed by atoms with Gasteiger partial charge in [0.15, 0.2) is 0 Å². The Balaban J connectivity index is 3.02. The van der Waals surface area contributed by atoms with Crippen LogP contribution in [0.4, 0.5) is 5.95 Å². The molecule has 0 fully saturated rings. The summed E-state index contributed by atoms with van der Waals surface area (Å²) in [5, 5.41) is 0. The quantitative estimate of drug-likeness (QED) is 0.617. The summed E-state index contributed by atoms with van der Waals surface area (Å²) in [6.07, 6.45) is 0. The number of aryl methyl sites for hydroxylation is 2. The fraction of sp³-hybridized carbons (Fsp3) is 0.250. The first-order valence-electron chi connectivity index (χ1n) is 4.08. The van der Waals surface area contributed by atoms with Gasteiger partial charge < -0.3 is 5.73 Å². The van der Waals surface area contributed by atoms with E-state index in [-0.39, 0.29) is 11.5 Å². The maximum atomic E-state index is 11.5. The number of aromatic nitrogens is 4. The third-order valence-electron chi connectivity index (χ3n) is 1.80. The average molecular weight is 191 g/mol. The first-order chi connectivity index (χ1) is 6.58. The van der Waals surface area contributed by atoms with Crippen LogP contribution in [0.25, 0.3) is 5.78 Å². The topological polar surface area (TPSA) is 86.2 Å². The van der Waals surface area contributed by atoms with Gasteiger partial charge in [-0.3, -0.25) is 4.79 Å². The predicted molar refractivity (Wildman–Crippen MR) is 50.9 cm³/mol. The third-order valence-corrected chi connectivity index (χ3v) is 1.80. The van der Waals surface area contributed by atoms with Crippen LogP contribution in [-0.4, -0.2) is 19.4 Å². The summed E-state index contributed by atoms with van der Waals surface area (Å²) in [6, 6.07) is 1.39. The monoisotopic (exact) mass is 191 g/mol. The maximum absolute atomic E-state index is 11.5. The SMILES string of the molecule is Cc1cc(=O)n2c(N)nc(C)nc2n1. The first kappa shape index (κ1) is 8.61. The van der Waals surface area contributed by atoms with Gasteiger partial charge in [0.25, 0.3) is 5.56 Å². The molecule has 0 aromatic carbocycles. The minimum Gasteiger partial charge on any atom is -0.369 e. The standard InChI is InChI=1S/C8H9N5O/c1-4-3-6(14)13-7(9)11-5(2)12-8(13)10-4/h3H,1-2H3,(H2,9,10,11,12). The van der Waals surface area contributed by atoms with Crippen molar-refractivity contribution in [1.82, 2.24) is 19.4 Å². The highest BCUT2D eigenvalue weighted by Crippen LogP contribution is 2.00. The molecule has 0 saturated carbocycles. The Kier molecular flexibility index (Phi) is 1.70. The van der Waals surface area contributed by atoms with Crippen molar-refractivity contribution in [3.05, 3.63) is 27.9 Å². The first-order valence-corrected chi connectivity index (χ1v) is 4.08. The van der Waals surface area contributed by atoms with Gasteiger partial charge in [0, 0.05) is 11.8 Å². The minimum atomic E-state index is -0.259. The lowest BCUT2D eigenvalue weighted by Crippen LogP contribution is -2.20. The summed E-state index contributed by atoms with van der Waals surface area (Å²) in [4.78, 5) is 23.5. The third kappa shape index (κ3) is 1.20. The van der Waals surface area contributed by atoms with E-state index in [1.54, 1.807) is 13.8 Å². The average Bonchev–Trinajstić information content (AvgIpc) is 1.99. The van der Waals surface area contributed by atoms with Gasteiger partial charge in [-0.25, -0.2) is 9.38 Å². The molecule has 2 aromatic rings. The van der Waals surface area contributed by atoms with Gasteiger partial charge in [0.1, 0.15) is 5.82 Å². The second-order valence-corrected chi connectivity index (χ2v) is 3.00. The fourth-order valence-electron chi connectivity index (χ4n) is 1.26. The van der Waals surface area contributed by atoms with Gasteiger partial charge in [-0.2, -0.15) is 9.97 Å². The van der Waals surface area contributed by atoms with E-state index >= 15 is 0 Å². The van der Waals surface area contributed by atoms with Crippen molar-refractivity contribution in [2.45, 2.75) is 13.8 Å². The summed E-state index contributed by atoms with van der Waals surface area (Å²) < 4.78 is 1.18. The van der Waals surface area contributed by atoms with Crippen LogP contribution in [0.2, 0.25) is 0 Å². The normalized spacial score (nSPS) is 10.7. The zero-order valence-corrected chi connectivity index (χ0v) is 7.85. The van der Waals surface area contributed by atoms with Gasteiger partial charge in [-0.1, -0.05) is 0 Å². The van der Waals surface area contributed by atoms with Crippen molar-refractivity contribution in [2.24, 2.45) is 0 Å². The Labute approximate surface area is 79.5 Å². The highest BCUT2D eigenvalue weighted by atomic mass is 16.1. The molecule has 0 radical (unpaired) electrons. The molecule has 6 heteroatoms. The van der Waals surface area contributed by atoms with Crippen LogP contribution in [0.15, 0.2) is 10.9 Å². The van der Waals surface area contributed by atoms with E-state index in [2.05, 4.69) is 15.0 Å². The summed E-state index contributed by atoms with van der Waals surface area (Å²) >= 11 is 0. The summed E-state index contributed by atoms with van der Waals surface area (Å²) in [7, 11) is 0. The number of hydrogen-bond acceptors (Lipinski definition) is 5. The second kappa shape index (κ2) is 2.76. The Morgan fingerprint density at radius 2 is 2.00 bits per heavy atom. The van der Waals surface area contributed by atoms with Crippen LogP contribution in [0, 0.1) is 13.8 Å². The van der Waals surface area contributed by atoms with Crippen molar-refractivity contribution in [2.75, 3.05) is 5.73 Å². The zero-order chi connectivity index (χ0) is 10.3. The van der Waals surface area contributed by atoms with Crippen LogP contribution < -0.4 is 11.3 Å². The Bertz CT molecular complexity index is 554. The van der Waals surface area contributed by atoms with Crippen molar-refractivity contribution < 1.29 is 0 Å². The smallest absolute Gasteiger partial charge is 0.262 e. The molecule has 6 nitrogen and oxygen atoms in total. The van der Waals surface area contributed by atoms with Gasteiger partial charge in [0.2, 0.25) is 11.7 Å². The van der Waals surface area contributed by atoms with Crippen molar-refractivity contribution in [3.63, 3.8) is 0 Å². The van der Waals surface area contributed by atoms with E-state index in [1.807, 2.05) is 0 Å². The molecular formula is C8H9N5O. The van der Waals surface area contributed by atoms with Crippen molar-refractivity contribution in [1.29, 1.82) is 0 Å². The van der Waals surface area contributed by atoms with Crippen molar-refractivity contribution >= 4 is 11.7 Å². The van der Waals surface area contributed by atoms with E-state index in [0.29, 0.717) is 17.3 Å². The molecule has 0 spiro atoms.